The van der Waals surface area contributed by atoms with Crippen molar-refractivity contribution in [2.45, 2.75) is 12.5 Å². The molecule has 1 saturated heterocycles. The van der Waals surface area contributed by atoms with Crippen LogP contribution in [-0.4, -0.2) is 35.8 Å². The Bertz CT molecular complexity index is 625. The fraction of sp³-hybridized carbons (Fsp3) is 0.250. The molecule has 1 aromatic carbocycles. The second-order valence-electron chi connectivity index (χ2n) is 5.05. The molecule has 3 rings (SSSR count). The van der Waals surface area contributed by atoms with Crippen molar-refractivity contribution in [2.75, 3.05) is 13.1 Å². The smallest absolute Gasteiger partial charge is 0.261 e. The Kier molecular flexibility index (Phi) is 4.01. The third kappa shape index (κ3) is 3.13. The summed E-state index contributed by atoms with van der Waals surface area (Å²) in [5.74, 6) is -0.0208. The Hall–Kier alpha value is -2.14. The minimum Gasteiger partial charge on any atom is -0.347 e. The molecular formula is C16H16N2O2S. The molecule has 0 aliphatic carbocycles. The molecule has 5 heteroatoms. The van der Waals surface area contributed by atoms with Gasteiger partial charge in [0.15, 0.2) is 0 Å². The summed E-state index contributed by atoms with van der Waals surface area (Å²) < 4.78 is 0. The zero-order valence-corrected chi connectivity index (χ0v) is 12.3. The van der Waals surface area contributed by atoms with E-state index in [1.54, 1.807) is 4.90 Å². The molecule has 1 N–H and O–H groups in total. The molecule has 1 aromatic heterocycles. The third-order valence-corrected chi connectivity index (χ3v) is 4.45. The minimum absolute atomic E-state index is 0.0310. The van der Waals surface area contributed by atoms with E-state index in [1.807, 2.05) is 47.8 Å². The van der Waals surface area contributed by atoms with Crippen molar-refractivity contribution in [3.05, 3.63) is 58.3 Å². The Morgan fingerprint density at radius 2 is 1.95 bits per heavy atom. The summed E-state index contributed by atoms with van der Waals surface area (Å²) in [6.45, 7) is 1.26. The first kappa shape index (κ1) is 13.8. The molecule has 2 heterocycles. The summed E-state index contributed by atoms with van der Waals surface area (Å²) in [5, 5.41) is 4.88. The summed E-state index contributed by atoms with van der Waals surface area (Å²) in [6, 6.07) is 13.0. The van der Waals surface area contributed by atoms with Crippen LogP contribution in [0.1, 0.15) is 26.5 Å². The van der Waals surface area contributed by atoms with E-state index in [-0.39, 0.29) is 17.9 Å². The monoisotopic (exact) mass is 300 g/mol. The van der Waals surface area contributed by atoms with E-state index in [0.29, 0.717) is 23.5 Å². The number of thiophene rings is 1. The number of hydrogen-bond acceptors (Lipinski definition) is 3. The van der Waals surface area contributed by atoms with Gasteiger partial charge in [-0.15, -0.1) is 11.3 Å². The normalized spacial score (nSPS) is 17.7. The molecule has 1 aliphatic heterocycles. The Morgan fingerprint density at radius 3 is 2.67 bits per heavy atom. The average Bonchev–Trinajstić information content (AvgIpc) is 3.19. The molecule has 1 unspecified atom stereocenters. The van der Waals surface area contributed by atoms with Crippen molar-refractivity contribution >= 4 is 23.2 Å². The van der Waals surface area contributed by atoms with Gasteiger partial charge in [0, 0.05) is 24.7 Å². The van der Waals surface area contributed by atoms with Gasteiger partial charge in [-0.25, -0.2) is 0 Å². The first-order valence-corrected chi connectivity index (χ1v) is 7.80. The van der Waals surface area contributed by atoms with Gasteiger partial charge in [0.05, 0.1) is 4.88 Å². The van der Waals surface area contributed by atoms with E-state index in [9.17, 15) is 9.59 Å². The maximum absolute atomic E-state index is 12.3. The largest absolute Gasteiger partial charge is 0.347 e. The number of nitrogens with one attached hydrogen (secondary N) is 1. The number of nitrogens with zero attached hydrogens (tertiary/aromatic N) is 1. The number of carbonyl (C=O) groups excluding carboxylic acids is 2. The Labute approximate surface area is 127 Å². The van der Waals surface area contributed by atoms with Crippen molar-refractivity contribution in [3.8, 4) is 0 Å². The number of amides is 2. The van der Waals surface area contributed by atoms with Gasteiger partial charge in [-0.2, -0.15) is 0 Å². The zero-order valence-electron chi connectivity index (χ0n) is 11.5. The summed E-state index contributed by atoms with van der Waals surface area (Å²) >= 11 is 1.43. The highest BCUT2D eigenvalue weighted by Crippen LogP contribution is 2.15. The van der Waals surface area contributed by atoms with E-state index in [0.717, 1.165) is 6.42 Å². The SMILES string of the molecule is O=C(NC1CCN(C(=O)c2ccccc2)C1)c1cccs1. The van der Waals surface area contributed by atoms with Gasteiger partial charge in [0.25, 0.3) is 11.8 Å². The Morgan fingerprint density at radius 1 is 1.14 bits per heavy atom. The van der Waals surface area contributed by atoms with Crippen LogP contribution in [0.4, 0.5) is 0 Å². The van der Waals surface area contributed by atoms with E-state index >= 15 is 0 Å². The van der Waals surface area contributed by atoms with Crippen LogP contribution in [0.3, 0.4) is 0 Å². The zero-order chi connectivity index (χ0) is 14.7. The molecule has 1 atom stereocenters. The third-order valence-electron chi connectivity index (χ3n) is 3.58. The summed E-state index contributed by atoms with van der Waals surface area (Å²) in [4.78, 5) is 26.8. The van der Waals surface area contributed by atoms with Crippen molar-refractivity contribution < 1.29 is 9.59 Å². The van der Waals surface area contributed by atoms with Crippen molar-refractivity contribution in [1.82, 2.24) is 10.2 Å². The highest BCUT2D eigenvalue weighted by molar-refractivity contribution is 7.12. The van der Waals surface area contributed by atoms with Crippen LogP contribution < -0.4 is 5.32 Å². The highest BCUT2D eigenvalue weighted by atomic mass is 32.1. The maximum atomic E-state index is 12.3. The quantitative estimate of drug-likeness (QED) is 0.946. The van der Waals surface area contributed by atoms with Gasteiger partial charge in [0.1, 0.15) is 0 Å². The van der Waals surface area contributed by atoms with Crippen LogP contribution >= 0.6 is 11.3 Å². The van der Waals surface area contributed by atoms with Crippen LogP contribution in [0.5, 0.6) is 0 Å². The lowest BCUT2D eigenvalue weighted by atomic mass is 10.2. The van der Waals surface area contributed by atoms with Crippen LogP contribution in [-0.2, 0) is 0 Å². The van der Waals surface area contributed by atoms with Crippen LogP contribution in [0.2, 0.25) is 0 Å². The van der Waals surface area contributed by atoms with Crippen molar-refractivity contribution in [2.24, 2.45) is 0 Å². The highest BCUT2D eigenvalue weighted by Gasteiger charge is 2.28. The first-order valence-electron chi connectivity index (χ1n) is 6.93. The maximum Gasteiger partial charge on any atom is 0.261 e. The van der Waals surface area contributed by atoms with Gasteiger partial charge in [-0.1, -0.05) is 24.3 Å². The fourth-order valence-corrected chi connectivity index (χ4v) is 3.12. The molecular weight excluding hydrogens is 284 g/mol. The lowest BCUT2D eigenvalue weighted by Gasteiger charge is -2.17. The molecule has 1 fully saturated rings. The molecule has 21 heavy (non-hydrogen) atoms. The number of benzene rings is 1. The summed E-state index contributed by atoms with van der Waals surface area (Å²) in [5.41, 5.74) is 0.697. The molecule has 0 spiro atoms. The molecule has 0 bridgehead atoms. The van der Waals surface area contributed by atoms with Crippen LogP contribution in [0.25, 0.3) is 0 Å². The lowest BCUT2D eigenvalue weighted by molar-refractivity contribution is 0.0783. The number of likely N-dealkylation sites (tertiary alicyclic amines) is 1. The summed E-state index contributed by atoms with van der Waals surface area (Å²) in [6.07, 6.45) is 0.801. The van der Waals surface area contributed by atoms with Crippen LogP contribution in [0.15, 0.2) is 47.8 Å². The second kappa shape index (κ2) is 6.10. The average molecular weight is 300 g/mol. The van der Waals surface area contributed by atoms with Crippen molar-refractivity contribution in [3.63, 3.8) is 0 Å². The lowest BCUT2D eigenvalue weighted by Crippen LogP contribution is -2.38. The van der Waals surface area contributed by atoms with E-state index in [4.69, 9.17) is 0 Å². The minimum atomic E-state index is -0.0518. The topological polar surface area (TPSA) is 49.4 Å². The molecule has 4 nitrogen and oxygen atoms in total. The Balaban J connectivity index is 1.58. The molecule has 0 radical (unpaired) electrons. The van der Waals surface area contributed by atoms with E-state index in [1.165, 1.54) is 11.3 Å². The van der Waals surface area contributed by atoms with Gasteiger partial charge < -0.3 is 10.2 Å². The number of hydrogen-bond donors (Lipinski definition) is 1. The first-order chi connectivity index (χ1) is 10.2. The predicted molar refractivity (Wildman–Crippen MR) is 82.5 cm³/mol. The summed E-state index contributed by atoms with van der Waals surface area (Å²) in [7, 11) is 0. The van der Waals surface area contributed by atoms with E-state index < -0.39 is 0 Å². The fourth-order valence-electron chi connectivity index (χ4n) is 2.49. The standard InChI is InChI=1S/C16H16N2O2S/c19-15(14-7-4-10-21-14)17-13-8-9-18(11-13)16(20)12-5-2-1-3-6-12/h1-7,10,13H,8-9,11H2,(H,17,19). The molecule has 2 amide bonds. The van der Waals surface area contributed by atoms with Gasteiger partial charge in [0.2, 0.25) is 0 Å². The molecule has 1 aliphatic rings. The van der Waals surface area contributed by atoms with Gasteiger partial charge in [-0.3, -0.25) is 9.59 Å². The molecule has 2 aromatic rings. The number of carbonyl (C=O) groups is 2. The van der Waals surface area contributed by atoms with E-state index in [2.05, 4.69) is 5.32 Å². The molecule has 0 saturated carbocycles. The van der Waals surface area contributed by atoms with Gasteiger partial charge in [-0.05, 0) is 30.0 Å². The van der Waals surface area contributed by atoms with Crippen molar-refractivity contribution in [1.29, 1.82) is 0 Å². The van der Waals surface area contributed by atoms with Gasteiger partial charge >= 0.3 is 0 Å². The molecule has 108 valence electrons. The second-order valence-corrected chi connectivity index (χ2v) is 6.00. The predicted octanol–water partition coefficient (Wildman–Crippen LogP) is 2.39. The number of rotatable bonds is 3. The van der Waals surface area contributed by atoms with Crippen LogP contribution in [0, 0.1) is 0 Å².